The summed E-state index contributed by atoms with van der Waals surface area (Å²) in [6.07, 6.45) is -1.83. The van der Waals surface area contributed by atoms with E-state index in [-0.39, 0.29) is 16.3 Å². The molecule has 0 unspecified atom stereocenters. The molecule has 0 aliphatic carbocycles. The maximum Gasteiger partial charge on any atom is 0.311 e. The van der Waals surface area contributed by atoms with Crippen molar-refractivity contribution in [2.75, 3.05) is 5.73 Å². The highest BCUT2D eigenvalue weighted by atomic mass is 32.1. The van der Waals surface area contributed by atoms with Gasteiger partial charge in [-0.15, -0.1) is 0 Å². The Morgan fingerprint density at radius 3 is 2.89 bits per heavy atom. The number of anilines is 1. The number of hydrogen-bond donors (Lipinski definition) is 3. The van der Waals surface area contributed by atoms with Crippen LogP contribution in [0.1, 0.15) is 39.8 Å². The first kappa shape index (κ1) is 19.5. The third kappa shape index (κ3) is 3.62. The predicted octanol–water partition coefficient (Wildman–Crippen LogP) is 0.355. The average Bonchev–Trinajstić information content (AvgIpc) is 3.14. The van der Waals surface area contributed by atoms with Crippen molar-refractivity contribution in [1.29, 1.82) is 0 Å². The molecular weight excluding hydrogens is 376 g/mol. The number of nitrogens with two attached hydrogens (primary N) is 1. The average molecular weight is 398 g/mol. The van der Waals surface area contributed by atoms with Crippen molar-refractivity contribution in [1.82, 2.24) is 14.5 Å². The molecular formula is C16H22N4O6S. The minimum atomic E-state index is -0.847. The number of carbonyl (C=O) groups is 1. The summed E-state index contributed by atoms with van der Waals surface area (Å²) in [5.74, 6) is -0.980. The number of H-pyrrole nitrogens is 1. The van der Waals surface area contributed by atoms with Crippen LogP contribution in [-0.2, 0) is 14.3 Å². The fourth-order valence-electron chi connectivity index (χ4n) is 3.43. The number of ether oxygens (including phenoxy) is 2. The molecule has 2 aromatic heterocycles. The number of nitrogen functional groups attached to an aromatic ring is 1. The summed E-state index contributed by atoms with van der Waals surface area (Å²) in [6.45, 7) is 4.82. The van der Waals surface area contributed by atoms with Gasteiger partial charge in [-0.1, -0.05) is 18.3 Å². The molecule has 3 heterocycles. The van der Waals surface area contributed by atoms with Gasteiger partial charge in [-0.25, -0.2) is 0 Å². The number of hydrogen-bond acceptors (Lipinski definition) is 9. The number of nitrogens with one attached hydrogen (secondary N) is 1. The molecule has 1 fully saturated rings. The van der Waals surface area contributed by atoms with E-state index in [1.165, 1.54) is 11.5 Å². The van der Waals surface area contributed by atoms with Gasteiger partial charge in [-0.3, -0.25) is 23.9 Å². The van der Waals surface area contributed by atoms with E-state index in [9.17, 15) is 19.5 Å². The zero-order valence-corrected chi connectivity index (χ0v) is 16.0. The van der Waals surface area contributed by atoms with Crippen LogP contribution in [0.5, 0.6) is 0 Å². The number of fused-ring (bicyclic) bond motifs is 1. The van der Waals surface area contributed by atoms with Gasteiger partial charge in [0.15, 0.2) is 5.65 Å². The first-order chi connectivity index (χ1) is 12.7. The Balaban J connectivity index is 2.10. The van der Waals surface area contributed by atoms with E-state index in [0.29, 0.717) is 12.8 Å². The zero-order valence-electron chi connectivity index (χ0n) is 15.2. The quantitative estimate of drug-likeness (QED) is 0.611. The second-order valence-electron chi connectivity index (χ2n) is 6.60. The van der Waals surface area contributed by atoms with Crippen LogP contribution >= 0.6 is 11.3 Å². The van der Waals surface area contributed by atoms with Gasteiger partial charge in [-0.05, 0) is 19.8 Å². The summed E-state index contributed by atoms with van der Waals surface area (Å²) < 4.78 is 12.7. The molecule has 1 aliphatic heterocycles. The third-order valence-electron chi connectivity index (χ3n) is 4.73. The molecule has 5 atom stereocenters. The van der Waals surface area contributed by atoms with Gasteiger partial charge < -0.3 is 20.3 Å². The fourth-order valence-corrected chi connectivity index (χ4v) is 4.27. The van der Waals surface area contributed by atoms with Crippen LogP contribution < -0.4 is 16.2 Å². The highest BCUT2D eigenvalue weighted by Gasteiger charge is 2.44. The van der Waals surface area contributed by atoms with Crippen molar-refractivity contribution in [3.8, 4) is 0 Å². The van der Waals surface area contributed by atoms with Gasteiger partial charge in [0.25, 0.3) is 5.56 Å². The number of esters is 1. The lowest BCUT2D eigenvalue weighted by Gasteiger charge is -2.24. The maximum atomic E-state index is 12.6. The first-order valence-corrected chi connectivity index (χ1v) is 9.46. The van der Waals surface area contributed by atoms with Gasteiger partial charge in [-0.2, -0.15) is 4.98 Å². The van der Waals surface area contributed by atoms with Crippen LogP contribution in [-0.4, -0.2) is 43.9 Å². The Morgan fingerprint density at radius 2 is 2.26 bits per heavy atom. The van der Waals surface area contributed by atoms with E-state index in [2.05, 4.69) is 9.97 Å². The van der Waals surface area contributed by atoms with E-state index in [0.717, 1.165) is 11.3 Å². The van der Waals surface area contributed by atoms with E-state index in [1.807, 2.05) is 6.92 Å². The fraction of sp³-hybridized carbons (Fsp3) is 0.625. The molecule has 0 aromatic carbocycles. The smallest absolute Gasteiger partial charge is 0.311 e. The van der Waals surface area contributed by atoms with Crippen LogP contribution in [0.3, 0.4) is 0 Å². The van der Waals surface area contributed by atoms with Crippen molar-refractivity contribution in [2.24, 2.45) is 5.92 Å². The summed E-state index contributed by atoms with van der Waals surface area (Å²) in [4.78, 5) is 42.1. The minimum absolute atomic E-state index is 0.114. The van der Waals surface area contributed by atoms with Crippen LogP contribution in [0, 0.1) is 5.92 Å². The monoisotopic (exact) mass is 398 g/mol. The number of nitrogens with zero attached hydrogens (tertiary/aromatic N) is 2. The highest BCUT2D eigenvalue weighted by molar-refractivity contribution is 7.16. The minimum Gasteiger partial charge on any atom is -0.462 e. The summed E-state index contributed by atoms with van der Waals surface area (Å²) in [5, 5.41) is 10.2. The van der Waals surface area contributed by atoms with Gasteiger partial charge in [0.1, 0.15) is 17.0 Å². The molecule has 0 amide bonds. The zero-order chi connectivity index (χ0) is 19.9. The summed E-state index contributed by atoms with van der Waals surface area (Å²) in [7, 11) is 0. The molecule has 3 rings (SSSR count). The van der Waals surface area contributed by atoms with Crippen LogP contribution in [0.4, 0.5) is 5.95 Å². The Labute approximate surface area is 157 Å². The second kappa shape index (κ2) is 7.41. The molecule has 1 aliphatic rings. The van der Waals surface area contributed by atoms with Gasteiger partial charge in [0.2, 0.25) is 5.95 Å². The molecule has 4 N–H and O–H groups in total. The second-order valence-corrected chi connectivity index (χ2v) is 7.56. The summed E-state index contributed by atoms with van der Waals surface area (Å²) in [6, 6.07) is 0. The Kier molecular flexibility index (Phi) is 5.36. The normalized spacial score (nSPS) is 24.8. The number of aromatic nitrogens is 3. The largest absolute Gasteiger partial charge is 0.462 e. The van der Waals surface area contributed by atoms with E-state index in [1.54, 1.807) is 6.92 Å². The Bertz CT molecular complexity index is 966. The van der Waals surface area contributed by atoms with Crippen LogP contribution in [0.15, 0.2) is 9.59 Å². The lowest BCUT2D eigenvalue weighted by atomic mass is 9.95. The first-order valence-electron chi connectivity index (χ1n) is 8.64. The lowest BCUT2D eigenvalue weighted by Crippen LogP contribution is -2.32. The van der Waals surface area contributed by atoms with Crippen LogP contribution in [0.25, 0.3) is 10.3 Å². The predicted molar refractivity (Wildman–Crippen MR) is 98.5 cm³/mol. The topological polar surface area (TPSA) is 150 Å². The molecule has 2 aromatic rings. The lowest BCUT2D eigenvalue weighted by molar-refractivity contribution is -0.150. The molecule has 0 spiro atoms. The molecule has 10 nitrogen and oxygen atoms in total. The summed E-state index contributed by atoms with van der Waals surface area (Å²) in [5.41, 5.74) is 5.24. The maximum absolute atomic E-state index is 12.6. The standard InChI is InChI=1S/C16H22N4O6S/c1-4-9(22)10-5-8(6(2)25-7(3)21)14(26-10)20-12-11(27-16(20)24)13(23)19-15(17)18-12/h6,8-10,14,22H,4-5H2,1-3H3,(H3,17,18,19,23)/t6-,8-,9-,10-,14+/m0/s1. The highest BCUT2D eigenvalue weighted by Crippen LogP contribution is 2.40. The number of aromatic amines is 1. The number of thiazole rings is 1. The number of aliphatic hydroxyl groups is 1. The Morgan fingerprint density at radius 1 is 1.56 bits per heavy atom. The SMILES string of the molecule is CC[C@H](O)[C@@H]1C[C@@H]([C@H](C)OC(C)=O)[C@H](n2c(=O)sc3c(=O)[nH]c(N)nc32)O1. The van der Waals surface area contributed by atoms with Crippen LogP contribution in [0.2, 0.25) is 0 Å². The molecule has 27 heavy (non-hydrogen) atoms. The van der Waals surface area contributed by atoms with Crippen molar-refractivity contribution in [3.63, 3.8) is 0 Å². The van der Waals surface area contributed by atoms with Gasteiger partial charge in [0, 0.05) is 12.8 Å². The van der Waals surface area contributed by atoms with Crippen molar-refractivity contribution >= 4 is 33.6 Å². The number of rotatable bonds is 5. The Hall–Kier alpha value is -2.24. The van der Waals surface area contributed by atoms with Crippen molar-refractivity contribution in [3.05, 3.63) is 20.0 Å². The molecule has 11 heteroatoms. The number of aliphatic hydroxyl groups excluding tert-OH is 1. The van der Waals surface area contributed by atoms with Gasteiger partial charge >= 0.3 is 10.8 Å². The molecule has 0 radical (unpaired) electrons. The number of carbonyl (C=O) groups excluding carboxylic acids is 1. The molecule has 0 saturated carbocycles. The third-order valence-corrected chi connectivity index (χ3v) is 5.68. The van der Waals surface area contributed by atoms with Gasteiger partial charge in [0.05, 0.1) is 12.2 Å². The van der Waals surface area contributed by atoms with E-state index >= 15 is 0 Å². The van der Waals surface area contributed by atoms with Crippen molar-refractivity contribution in [2.45, 2.75) is 58.2 Å². The summed E-state index contributed by atoms with van der Waals surface area (Å²) >= 11 is 0.739. The molecule has 0 bridgehead atoms. The van der Waals surface area contributed by atoms with E-state index < -0.39 is 46.9 Å². The molecule has 148 valence electrons. The van der Waals surface area contributed by atoms with Crippen molar-refractivity contribution < 1.29 is 19.4 Å². The van der Waals surface area contributed by atoms with E-state index in [4.69, 9.17) is 15.2 Å². The molecule has 1 saturated heterocycles.